The molecule has 1 aromatic rings. The van der Waals surface area contributed by atoms with Gasteiger partial charge in [-0.2, -0.15) is 0 Å². The van der Waals surface area contributed by atoms with E-state index in [0.29, 0.717) is 25.7 Å². The van der Waals surface area contributed by atoms with Crippen LogP contribution in [0.4, 0.5) is 4.39 Å². The molecule has 0 bridgehead atoms. The fourth-order valence-electron chi connectivity index (χ4n) is 2.73. The lowest BCUT2D eigenvalue weighted by molar-refractivity contribution is -0.127. The van der Waals surface area contributed by atoms with Crippen LogP contribution in [0, 0.1) is 5.82 Å². The highest BCUT2D eigenvalue weighted by Gasteiger charge is 2.16. The molecule has 0 aliphatic carbocycles. The molecule has 29 heavy (non-hydrogen) atoms. The minimum absolute atomic E-state index is 0. The predicted molar refractivity (Wildman–Crippen MR) is 123 cm³/mol. The zero-order valence-corrected chi connectivity index (χ0v) is 19.7. The molecule has 1 aliphatic rings. The number of ether oxygens (including phenoxy) is 2. The molecular formula is C20H32FIN4O3. The van der Waals surface area contributed by atoms with Gasteiger partial charge in [-0.1, -0.05) is 12.1 Å². The third-order valence-electron chi connectivity index (χ3n) is 4.51. The number of carbonyl (C=O) groups is 1. The number of para-hydroxylation sites is 1. The Morgan fingerprint density at radius 1 is 1.31 bits per heavy atom. The molecule has 164 valence electrons. The number of amides is 1. The summed E-state index contributed by atoms with van der Waals surface area (Å²) in [6.07, 6.45) is 3.41. The summed E-state index contributed by atoms with van der Waals surface area (Å²) in [6, 6.07) is 6.31. The summed E-state index contributed by atoms with van der Waals surface area (Å²) in [5, 5.41) is 3.29. The number of hydrogen-bond donors (Lipinski definition) is 1. The molecule has 9 heteroatoms. The highest BCUT2D eigenvalue weighted by Crippen LogP contribution is 2.15. The van der Waals surface area contributed by atoms with Gasteiger partial charge in [0.2, 0.25) is 5.91 Å². The van der Waals surface area contributed by atoms with Gasteiger partial charge in [0.15, 0.2) is 17.5 Å². The van der Waals surface area contributed by atoms with Gasteiger partial charge in [-0.3, -0.25) is 4.79 Å². The summed E-state index contributed by atoms with van der Waals surface area (Å²) in [6.45, 7) is 2.25. The van der Waals surface area contributed by atoms with Crippen LogP contribution in [0.5, 0.6) is 5.75 Å². The molecule has 1 amide bonds. The number of likely N-dealkylation sites (N-methyl/N-ethyl adjacent to an activating group) is 2. The van der Waals surface area contributed by atoms with Crippen molar-refractivity contribution in [2.45, 2.75) is 25.4 Å². The van der Waals surface area contributed by atoms with Crippen LogP contribution in [-0.2, 0) is 9.53 Å². The van der Waals surface area contributed by atoms with E-state index in [4.69, 9.17) is 9.47 Å². The van der Waals surface area contributed by atoms with E-state index in [9.17, 15) is 9.18 Å². The zero-order chi connectivity index (χ0) is 20.4. The summed E-state index contributed by atoms with van der Waals surface area (Å²) in [5.74, 6) is 0.356. The number of benzene rings is 1. The Labute approximate surface area is 189 Å². The molecule has 1 fully saturated rings. The topological polar surface area (TPSA) is 66.4 Å². The van der Waals surface area contributed by atoms with Crippen molar-refractivity contribution in [1.82, 2.24) is 15.1 Å². The summed E-state index contributed by atoms with van der Waals surface area (Å²) in [7, 11) is 5.26. The number of hydrogen-bond acceptors (Lipinski definition) is 4. The maximum Gasteiger partial charge on any atom is 0.243 e. The van der Waals surface area contributed by atoms with Crippen LogP contribution in [0.1, 0.15) is 19.3 Å². The van der Waals surface area contributed by atoms with E-state index in [1.165, 1.54) is 11.0 Å². The molecule has 1 aliphatic heterocycles. The average Bonchev–Trinajstić information content (AvgIpc) is 2.69. The van der Waals surface area contributed by atoms with Crippen molar-refractivity contribution in [2.24, 2.45) is 4.99 Å². The first-order chi connectivity index (χ1) is 13.5. The predicted octanol–water partition coefficient (Wildman–Crippen LogP) is 2.36. The van der Waals surface area contributed by atoms with Crippen LogP contribution < -0.4 is 10.1 Å². The Kier molecular flexibility index (Phi) is 11.9. The van der Waals surface area contributed by atoms with E-state index in [0.717, 1.165) is 25.9 Å². The van der Waals surface area contributed by atoms with Gasteiger partial charge in [0, 0.05) is 34.3 Å². The summed E-state index contributed by atoms with van der Waals surface area (Å²) in [4.78, 5) is 19.7. The van der Waals surface area contributed by atoms with E-state index in [2.05, 4.69) is 10.3 Å². The van der Waals surface area contributed by atoms with E-state index in [1.54, 1.807) is 32.3 Å². The van der Waals surface area contributed by atoms with Crippen LogP contribution in [0.2, 0.25) is 0 Å². The fraction of sp³-hybridized carbons (Fsp3) is 0.600. The Bertz CT molecular complexity index is 654. The van der Waals surface area contributed by atoms with Crippen molar-refractivity contribution < 1.29 is 18.7 Å². The Morgan fingerprint density at radius 3 is 2.72 bits per heavy atom. The Morgan fingerprint density at radius 2 is 2.07 bits per heavy atom. The van der Waals surface area contributed by atoms with Crippen molar-refractivity contribution in [3.63, 3.8) is 0 Å². The number of rotatable bonds is 8. The summed E-state index contributed by atoms with van der Waals surface area (Å²) < 4.78 is 24.9. The van der Waals surface area contributed by atoms with E-state index in [1.807, 2.05) is 11.9 Å². The van der Waals surface area contributed by atoms with Gasteiger partial charge in [0.25, 0.3) is 0 Å². The van der Waals surface area contributed by atoms with E-state index in [-0.39, 0.29) is 54.1 Å². The van der Waals surface area contributed by atoms with Gasteiger partial charge in [0.1, 0.15) is 13.2 Å². The molecule has 2 rings (SSSR count). The van der Waals surface area contributed by atoms with Crippen LogP contribution in [0.25, 0.3) is 0 Å². The number of carbonyl (C=O) groups excluding carboxylic acids is 1. The molecule has 1 unspecified atom stereocenters. The van der Waals surface area contributed by atoms with E-state index < -0.39 is 0 Å². The monoisotopic (exact) mass is 522 g/mol. The van der Waals surface area contributed by atoms with Crippen molar-refractivity contribution in [3.8, 4) is 5.75 Å². The Hall–Kier alpha value is -1.62. The highest BCUT2D eigenvalue weighted by atomic mass is 127. The van der Waals surface area contributed by atoms with Crippen LogP contribution >= 0.6 is 24.0 Å². The van der Waals surface area contributed by atoms with Crippen molar-refractivity contribution in [2.75, 3.05) is 54.0 Å². The smallest absolute Gasteiger partial charge is 0.243 e. The zero-order valence-electron chi connectivity index (χ0n) is 17.4. The van der Waals surface area contributed by atoms with Crippen LogP contribution in [-0.4, -0.2) is 81.8 Å². The first-order valence-electron chi connectivity index (χ1n) is 9.66. The number of guanidine groups is 1. The van der Waals surface area contributed by atoms with Gasteiger partial charge in [-0.15, -0.1) is 24.0 Å². The molecular weight excluding hydrogens is 490 g/mol. The molecule has 0 aromatic heterocycles. The summed E-state index contributed by atoms with van der Waals surface area (Å²) >= 11 is 0. The molecule has 1 N–H and O–H groups in total. The maximum absolute atomic E-state index is 13.7. The van der Waals surface area contributed by atoms with Crippen molar-refractivity contribution in [1.29, 1.82) is 0 Å². The van der Waals surface area contributed by atoms with Gasteiger partial charge in [-0.25, -0.2) is 9.38 Å². The molecule has 1 atom stereocenters. The minimum atomic E-state index is -0.386. The number of halogens is 2. The van der Waals surface area contributed by atoms with Crippen LogP contribution in [0.15, 0.2) is 29.3 Å². The molecule has 1 saturated heterocycles. The molecule has 1 heterocycles. The van der Waals surface area contributed by atoms with Crippen molar-refractivity contribution >= 4 is 35.8 Å². The lowest BCUT2D eigenvalue weighted by atomic mass is 10.1. The van der Waals surface area contributed by atoms with Gasteiger partial charge >= 0.3 is 0 Å². The van der Waals surface area contributed by atoms with Crippen LogP contribution in [0.3, 0.4) is 0 Å². The number of nitrogens with one attached hydrogen (secondary N) is 1. The molecule has 1 aromatic carbocycles. The third kappa shape index (κ3) is 9.16. The Balaban J connectivity index is 0.00000420. The van der Waals surface area contributed by atoms with Gasteiger partial charge < -0.3 is 24.6 Å². The first-order valence-corrected chi connectivity index (χ1v) is 9.66. The third-order valence-corrected chi connectivity index (χ3v) is 4.51. The molecule has 7 nitrogen and oxygen atoms in total. The normalized spacial score (nSPS) is 16.6. The van der Waals surface area contributed by atoms with E-state index >= 15 is 0 Å². The average molecular weight is 522 g/mol. The second-order valence-electron chi connectivity index (χ2n) is 7.00. The van der Waals surface area contributed by atoms with Gasteiger partial charge in [-0.05, 0) is 31.4 Å². The first kappa shape index (κ1) is 25.4. The standard InChI is InChI=1S/C20H31FN4O3.HI/c1-24(2)19(26)15-23-20(22-14-16-8-6-7-12-27-16)25(3)11-13-28-18-10-5-4-9-17(18)21;/h4-5,9-10,16H,6-8,11-15H2,1-3H3,(H,22,23);1H. The summed E-state index contributed by atoms with van der Waals surface area (Å²) in [5.41, 5.74) is 0. The maximum atomic E-state index is 13.7. The SMILES string of the molecule is CN(C)C(=O)CN=C(NCC1CCCCO1)N(C)CCOc1ccccc1F.I. The number of nitrogens with zero attached hydrogens (tertiary/aromatic N) is 3. The minimum Gasteiger partial charge on any atom is -0.489 e. The highest BCUT2D eigenvalue weighted by molar-refractivity contribution is 14.0. The molecule has 0 saturated carbocycles. The largest absolute Gasteiger partial charge is 0.489 e. The fourth-order valence-corrected chi connectivity index (χ4v) is 2.73. The molecule has 0 radical (unpaired) electrons. The lowest BCUT2D eigenvalue weighted by Crippen LogP contribution is -2.45. The second kappa shape index (κ2) is 13.6. The number of aliphatic imine (C=N–C) groups is 1. The lowest BCUT2D eigenvalue weighted by Gasteiger charge is -2.27. The van der Waals surface area contributed by atoms with Crippen molar-refractivity contribution in [3.05, 3.63) is 30.1 Å². The second-order valence-corrected chi connectivity index (χ2v) is 7.00. The molecule has 0 spiro atoms. The van der Waals surface area contributed by atoms with Gasteiger partial charge in [0.05, 0.1) is 12.6 Å². The quantitative estimate of drug-likeness (QED) is 0.323.